The van der Waals surface area contributed by atoms with E-state index in [9.17, 15) is 15.3 Å². The lowest BCUT2D eigenvalue weighted by molar-refractivity contribution is -0.229. The van der Waals surface area contributed by atoms with E-state index in [1.807, 2.05) is 24.4 Å². The highest BCUT2D eigenvalue weighted by atomic mass is 16.7. The number of rotatable bonds is 7. The number of aliphatic hydroxyl groups is 3. The molecule has 0 bridgehead atoms. The lowest BCUT2D eigenvalue weighted by Gasteiger charge is -2.36. The molecule has 150 valence electrons. The summed E-state index contributed by atoms with van der Waals surface area (Å²) in [5.41, 5.74) is 2.13. The van der Waals surface area contributed by atoms with E-state index in [-0.39, 0.29) is 13.0 Å². The van der Waals surface area contributed by atoms with E-state index in [0.717, 1.165) is 29.4 Å². The van der Waals surface area contributed by atoms with Crippen LogP contribution < -0.4 is 4.74 Å². The summed E-state index contributed by atoms with van der Waals surface area (Å²) >= 11 is 0. The quantitative estimate of drug-likeness (QED) is 0.579. The molecule has 1 aliphatic heterocycles. The number of likely N-dealkylation sites (N-methyl/N-ethyl adjacent to an activating group) is 1. The fourth-order valence-electron chi connectivity index (χ4n) is 3.35. The maximum atomic E-state index is 10.0. The summed E-state index contributed by atoms with van der Waals surface area (Å²) in [5.74, 6) is 0.668. The van der Waals surface area contributed by atoms with E-state index in [1.54, 1.807) is 0 Å². The standard InChI is InChI=1S/C20H30N2O5/c1-12(2)22(3)8-7-13-10-21-14-5-4-6-16(19(13)14)26-18-9-15(24)20(25)17(11-23)27-18/h4-6,10,12,15,17-18,20-21,23-25H,7-9,11H2,1-3H3/t15?,17?,18-,20-/m0/s1. The van der Waals surface area contributed by atoms with Gasteiger partial charge in [-0.1, -0.05) is 6.07 Å². The molecule has 0 radical (unpaired) electrons. The van der Waals surface area contributed by atoms with Crippen molar-refractivity contribution in [3.05, 3.63) is 30.0 Å². The van der Waals surface area contributed by atoms with Crippen molar-refractivity contribution in [2.24, 2.45) is 0 Å². The van der Waals surface area contributed by atoms with Crippen LogP contribution in [-0.2, 0) is 11.2 Å². The van der Waals surface area contributed by atoms with Crippen LogP contribution in [0.15, 0.2) is 24.4 Å². The van der Waals surface area contributed by atoms with E-state index in [4.69, 9.17) is 9.47 Å². The van der Waals surface area contributed by atoms with Gasteiger partial charge in [-0.2, -0.15) is 0 Å². The third-order valence-corrected chi connectivity index (χ3v) is 5.34. The van der Waals surface area contributed by atoms with Crippen LogP contribution in [-0.4, -0.2) is 76.0 Å². The van der Waals surface area contributed by atoms with Gasteiger partial charge in [-0.25, -0.2) is 0 Å². The first-order valence-electron chi connectivity index (χ1n) is 9.49. The van der Waals surface area contributed by atoms with Crippen molar-refractivity contribution in [3.63, 3.8) is 0 Å². The predicted octanol–water partition coefficient (Wildman–Crippen LogP) is 1.26. The molecule has 27 heavy (non-hydrogen) atoms. The SMILES string of the molecule is CC(C)N(C)CCc1c[nH]c2cccc(O[C@@H]3CC(O)[C@H](O)C(CO)O3)c12. The van der Waals surface area contributed by atoms with Crippen molar-refractivity contribution in [1.29, 1.82) is 0 Å². The van der Waals surface area contributed by atoms with Gasteiger partial charge >= 0.3 is 0 Å². The highest BCUT2D eigenvalue weighted by Gasteiger charge is 2.37. The number of aliphatic hydroxyl groups excluding tert-OH is 3. The summed E-state index contributed by atoms with van der Waals surface area (Å²) < 4.78 is 11.7. The predicted molar refractivity (Wildman–Crippen MR) is 103 cm³/mol. The first kappa shape index (κ1) is 20.1. The number of hydrogen-bond donors (Lipinski definition) is 4. The van der Waals surface area contributed by atoms with Gasteiger partial charge in [-0.15, -0.1) is 0 Å². The van der Waals surface area contributed by atoms with Gasteiger partial charge in [0.15, 0.2) is 0 Å². The fraction of sp³-hybridized carbons (Fsp3) is 0.600. The molecule has 0 saturated carbocycles. The van der Waals surface area contributed by atoms with Crippen LogP contribution >= 0.6 is 0 Å². The molecule has 2 aromatic rings. The molecule has 1 fully saturated rings. The Hall–Kier alpha value is -1.64. The topological polar surface area (TPSA) is 98.2 Å². The highest BCUT2D eigenvalue weighted by Crippen LogP contribution is 2.32. The third kappa shape index (κ3) is 4.44. The Bertz CT molecular complexity index is 747. The summed E-state index contributed by atoms with van der Waals surface area (Å²) in [6.07, 6.45) is -0.672. The second-order valence-corrected chi connectivity index (χ2v) is 7.52. The molecule has 0 spiro atoms. The number of ether oxygens (including phenoxy) is 2. The van der Waals surface area contributed by atoms with Gasteiger partial charge in [0.25, 0.3) is 0 Å². The van der Waals surface area contributed by atoms with Crippen molar-refractivity contribution >= 4 is 10.9 Å². The van der Waals surface area contributed by atoms with Crippen molar-refractivity contribution < 1.29 is 24.8 Å². The van der Waals surface area contributed by atoms with E-state index in [1.165, 1.54) is 0 Å². The van der Waals surface area contributed by atoms with Crippen molar-refractivity contribution in [2.75, 3.05) is 20.2 Å². The Labute approximate surface area is 159 Å². The Morgan fingerprint density at radius 1 is 1.33 bits per heavy atom. The van der Waals surface area contributed by atoms with E-state index in [0.29, 0.717) is 11.8 Å². The Balaban J connectivity index is 1.79. The lowest BCUT2D eigenvalue weighted by Crippen LogP contribution is -2.51. The second-order valence-electron chi connectivity index (χ2n) is 7.52. The van der Waals surface area contributed by atoms with Crippen LogP contribution in [0.5, 0.6) is 5.75 Å². The molecule has 2 heterocycles. The van der Waals surface area contributed by atoms with Gasteiger partial charge in [0.1, 0.15) is 18.0 Å². The molecule has 7 heteroatoms. The molecule has 0 amide bonds. The first-order valence-corrected chi connectivity index (χ1v) is 9.49. The van der Waals surface area contributed by atoms with Crippen LogP contribution in [0.2, 0.25) is 0 Å². The molecule has 1 aromatic carbocycles. The number of aromatic nitrogens is 1. The van der Waals surface area contributed by atoms with Gasteiger partial charge in [0.2, 0.25) is 6.29 Å². The number of aromatic amines is 1. The van der Waals surface area contributed by atoms with Crippen LogP contribution in [0.1, 0.15) is 25.8 Å². The Morgan fingerprint density at radius 2 is 2.11 bits per heavy atom. The smallest absolute Gasteiger partial charge is 0.202 e. The molecule has 4 N–H and O–H groups in total. The molecule has 2 unspecified atom stereocenters. The van der Waals surface area contributed by atoms with Gasteiger partial charge in [-0.3, -0.25) is 0 Å². The number of benzene rings is 1. The summed E-state index contributed by atoms with van der Waals surface area (Å²) in [6.45, 7) is 4.89. The number of fused-ring (bicyclic) bond motifs is 1. The van der Waals surface area contributed by atoms with Gasteiger partial charge < -0.3 is 34.7 Å². The monoisotopic (exact) mass is 378 g/mol. The molecular weight excluding hydrogens is 348 g/mol. The average Bonchev–Trinajstić information content (AvgIpc) is 3.06. The summed E-state index contributed by atoms with van der Waals surface area (Å²) in [6, 6.07) is 6.25. The zero-order valence-electron chi connectivity index (χ0n) is 16.1. The molecule has 1 saturated heterocycles. The number of nitrogens with zero attached hydrogens (tertiary/aromatic N) is 1. The maximum absolute atomic E-state index is 10.0. The molecule has 4 atom stereocenters. The van der Waals surface area contributed by atoms with Crippen LogP contribution in [0.25, 0.3) is 10.9 Å². The number of nitrogens with one attached hydrogen (secondary N) is 1. The normalized spacial score (nSPS) is 26.2. The maximum Gasteiger partial charge on any atom is 0.202 e. The van der Waals surface area contributed by atoms with E-state index >= 15 is 0 Å². The second kappa shape index (κ2) is 8.58. The molecular formula is C20H30N2O5. The minimum absolute atomic E-state index is 0.143. The minimum Gasteiger partial charge on any atom is -0.464 e. The largest absolute Gasteiger partial charge is 0.464 e. The van der Waals surface area contributed by atoms with Gasteiger partial charge in [0.05, 0.1) is 12.7 Å². The van der Waals surface area contributed by atoms with Gasteiger partial charge in [0, 0.05) is 36.1 Å². The van der Waals surface area contributed by atoms with Crippen molar-refractivity contribution in [3.8, 4) is 5.75 Å². The zero-order chi connectivity index (χ0) is 19.6. The van der Waals surface area contributed by atoms with Crippen LogP contribution in [0, 0.1) is 0 Å². The summed E-state index contributed by atoms with van der Waals surface area (Å²) in [7, 11) is 2.11. The van der Waals surface area contributed by atoms with Gasteiger partial charge in [-0.05, 0) is 45.0 Å². The Kier molecular flexibility index (Phi) is 6.39. The molecule has 3 rings (SSSR count). The first-order chi connectivity index (χ1) is 12.9. The van der Waals surface area contributed by atoms with Crippen molar-refractivity contribution in [1.82, 2.24) is 9.88 Å². The lowest BCUT2D eigenvalue weighted by atomic mass is 10.0. The highest BCUT2D eigenvalue weighted by molar-refractivity contribution is 5.89. The van der Waals surface area contributed by atoms with Crippen LogP contribution in [0.3, 0.4) is 0 Å². The third-order valence-electron chi connectivity index (χ3n) is 5.34. The molecule has 1 aromatic heterocycles. The minimum atomic E-state index is -1.11. The number of H-pyrrole nitrogens is 1. The van der Waals surface area contributed by atoms with E-state index in [2.05, 4.69) is 30.8 Å². The average molecular weight is 378 g/mol. The van der Waals surface area contributed by atoms with E-state index < -0.39 is 24.6 Å². The van der Waals surface area contributed by atoms with Crippen molar-refractivity contribution in [2.45, 2.75) is 57.3 Å². The summed E-state index contributed by atoms with van der Waals surface area (Å²) in [4.78, 5) is 5.57. The molecule has 7 nitrogen and oxygen atoms in total. The molecule has 0 aliphatic carbocycles. The Morgan fingerprint density at radius 3 is 2.81 bits per heavy atom. The fourth-order valence-corrected chi connectivity index (χ4v) is 3.35. The summed E-state index contributed by atoms with van der Waals surface area (Å²) in [5, 5.41) is 30.2. The van der Waals surface area contributed by atoms with Crippen LogP contribution in [0.4, 0.5) is 0 Å². The number of hydrogen-bond acceptors (Lipinski definition) is 6. The zero-order valence-corrected chi connectivity index (χ0v) is 16.1. The molecule has 1 aliphatic rings.